The van der Waals surface area contributed by atoms with E-state index >= 15 is 0 Å². The number of fused-ring (bicyclic) bond motifs is 1. The zero-order valence-corrected chi connectivity index (χ0v) is 25.1. The Labute approximate surface area is 245 Å². The van der Waals surface area contributed by atoms with Gasteiger partial charge in [-0.3, -0.25) is 13.8 Å². The highest BCUT2D eigenvalue weighted by Gasteiger charge is 2.51. The second kappa shape index (κ2) is 11.1. The van der Waals surface area contributed by atoms with Crippen LogP contribution in [0.2, 0.25) is 5.15 Å². The topological polar surface area (TPSA) is 129 Å². The lowest BCUT2D eigenvalue weighted by Crippen LogP contribution is -2.46. The van der Waals surface area contributed by atoms with Gasteiger partial charge in [0.1, 0.15) is 16.7 Å². The maximum atomic E-state index is 14.0. The highest BCUT2D eigenvalue weighted by Crippen LogP contribution is 2.42. The molecule has 230 valence electrons. The summed E-state index contributed by atoms with van der Waals surface area (Å²) >= 11 is 6.21. The number of aromatic nitrogens is 2. The molecule has 0 fully saturated rings. The molecule has 4 rings (SSSR count). The normalized spacial score (nSPS) is 17.8. The molecule has 0 saturated carbocycles. The Morgan fingerprint density at radius 2 is 1.90 bits per heavy atom. The number of carbonyl (C=O) groups excluding carboxylic acids is 2. The summed E-state index contributed by atoms with van der Waals surface area (Å²) in [6.07, 6.45) is -4.53. The van der Waals surface area contributed by atoms with Crippen molar-refractivity contribution >= 4 is 45.0 Å². The first-order chi connectivity index (χ1) is 19.3. The third kappa shape index (κ3) is 6.36. The molecule has 42 heavy (non-hydrogen) atoms. The molecule has 0 spiro atoms. The molecule has 2 aliphatic heterocycles. The van der Waals surface area contributed by atoms with E-state index < -0.39 is 51.7 Å². The standard InChI is InChI=1S/C26H30ClF3N4O7S/c1-6-33-14-19(23(27)31-33)42(37,38)34-13-16(12-24(2,3)20-11-22(36)41-32-20)39-18-8-7-15(9-17(18)34)10-21(35)40-25(4,5)26(28,29)30/h7-9,14,16H,6,10-13H2,1-5H3/t16-/m1/s1. The first kappa shape index (κ1) is 31.6. The van der Waals surface area contributed by atoms with Gasteiger partial charge in [0, 0.05) is 18.2 Å². The largest absolute Gasteiger partial charge is 0.486 e. The van der Waals surface area contributed by atoms with E-state index in [0.717, 1.165) is 18.2 Å². The quantitative estimate of drug-likeness (QED) is 0.288. The van der Waals surface area contributed by atoms with Crippen molar-refractivity contribution in [1.82, 2.24) is 9.78 Å². The van der Waals surface area contributed by atoms with Crippen LogP contribution in [0.25, 0.3) is 0 Å². The Hall–Kier alpha value is -3.33. The number of hydrogen-bond donors (Lipinski definition) is 0. The molecule has 2 aromatic rings. The van der Waals surface area contributed by atoms with Gasteiger partial charge >= 0.3 is 18.1 Å². The van der Waals surface area contributed by atoms with Crippen LogP contribution < -0.4 is 9.04 Å². The first-order valence-corrected chi connectivity index (χ1v) is 14.8. The van der Waals surface area contributed by atoms with Crippen LogP contribution in [0.15, 0.2) is 34.4 Å². The van der Waals surface area contributed by atoms with E-state index in [1.165, 1.54) is 29.1 Å². The number of sulfonamides is 1. The third-order valence-electron chi connectivity index (χ3n) is 7.02. The van der Waals surface area contributed by atoms with Gasteiger partial charge in [-0.1, -0.05) is 36.7 Å². The van der Waals surface area contributed by atoms with Crippen LogP contribution in [0.4, 0.5) is 18.9 Å². The summed E-state index contributed by atoms with van der Waals surface area (Å²) in [5.74, 6) is -1.49. The second-order valence-electron chi connectivity index (χ2n) is 11.1. The predicted octanol–water partition coefficient (Wildman–Crippen LogP) is 4.66. The minimum absolute atomic E-state index is 0.00522. The summed E-state index contributed by atoms with van der Waals surface area (Å²) in [6.45, 7) is 7.05. The molecule has 1 atom stereocenters. The van der Waals surface area contributed by atoms with Crippen LogP contribution in [0.3, 0.4) is 0 Å². The van der Waals surface area contributed by atoms with Crippen molar-refractivity contribution in [2.75, 3.05) is 10.8 Å². The lowest BCUT2D eigenvalue weighted by molar-refractivity contribution is -0.257. The van der Waals surface area contributed by atoms with E-state index in [2.05, 4.69) is 15.0 Å². The fraction of sp³-hybridized carbons (Fsp3) is 0.538. The Kier molecular flexibility index (Phi) is 8.32. The van der Waals surface area contributed by atoms with Crippen LogP contribution in [0, 0.1) is 5.41 Å². The van der Waals surface area contributed by atoms with Gasteiger partial charge < -0.3 is 14.3 Å². The number of alkyl halides is 3. The summed E-state index contributed by atoms with van der Waals surface area (Å²) < 4.78 is 80.8. The molecular formula is C26H30ClF3N4O7S. The predicted molar refractivity (Wildman–Crippen MR) is 145 cm³/mol. The number of hydrogen-bond acceptors (Lipinski definition) is 9. The molecule has 0 bridgehead atoms. The van der Waals surface area contributed by atoms with Crippen LogP contribution in [0.1, 0.15) is 53.0 Å². The number of nitrogens with zero attached hydrogens (tertiary/aromatic N) is 4. The van der Waals surface area contributed by atoms with Crippen molar-refractivity contribution in [2.24, 2.45) is 10.6 Å². The van der Waals surface area contributed by atoms with Gasteiger partial charge in [-0.25, -0.2) is 13.2 Å². The maximum absolute atomic E-state index is 14.0. The Morgan fingerprint density at radius 1 is 1.21 bits per heavy atom. The minimum Gasteiger partial charge on any atom is -0.486 e. The lowest BCUT2D eigenvalue weighted by Gasteiger charge is -2.38. The minimum atomic E-state index is -4.79. The molecule has 0 N–H and O–H groups in total. The molecule has 16 heteroatoms. The Balaban J connectivity index is 1.69. The molecular weight excluding hydrogens is 605 g/mol. The molecule has 3 heterocycles. The number of halogens is 4. The van der Waals surface area contributed by atoms with E-state index in [9.17, 15) is 31.2 Å². The number of carbonyl (C=O) groups is 2. The first-order valence-electron chi connectivity index (χ1n) is 12.9. The SMILES string of the molecule is CCn1cc(S(=O)(=O)N2C[C@@H](CC(C)(C)C3=NOC(=O)C3)Oc3ccc(CC(=O)OC(C)(C)C(F)(F)F)cc32)c(Cl)n1. The molecule has 0 aliphatic carbocycles. The molecule has 0 amide bonds. The fourth-order valence-electron chi connectivity index (χ4n) is 4.54. The number of aryl methyl sites for hydroxylation is 1. The van der Waals surface area contributed by atoms with E-state index in [1.54, 1.807) is 6.92 Å². The molecule has 1 aromatic carbocycles. The highest BCUT2D eigenvalue weighted by atomic mass is 35.5. The zero-order valence-electron chi connectivity index (χ0n) is 23.5. The van der Waals surface area contributed by atoms with Crippen molar-refractivity contribution in [2.45, 2.75) is 83.2 Å². The summed E-state index contributed by atoms with van der Waals surface area (Å²) in [5, 5.41) is 7.64. The van der Waals surface area contributed by atoms with E-state index in [0.29, 0.717) is 12.3 Å². The third-order valence-corrected chi connectivity index (χ3v) is 9.19. The summed E-state index contributed by atoms with van der Waals surface area (Å²) in [5.41, 5.74) is -2.68. The summed E-state index contributed by atoms with van der Waals surface area (Å²) in [6, 6.07) is 4.22. The Morgan fingerprint density at radius 3 is 2.48 bits per heavy atom. The van der Waals surface area contributed by atoms with Gasteiger partial charge in [0.15, 0.2) is 5.15 Å². The number of rotatable bonds is 9. The van der Waals surface area contributed by atoms with Crippen LogP contribution in [-0.2, 0) is 42.2 Å². The second-order valence-corrected chi connectivity index (χ2v) is 13.3. The number of anilines is 1. The number of ether oxygens (including phenoxy) is 2. The average Bonchev–Trinajstić information content (AvgIpc) is 3.48. The van der Waals surface area contributed by atoms with E-state index in [1.807, 2.05) is 13.8 Å². The lowest BCUT2D eigenvalue weighted by atomic mass is 9.80. The smallest absolute Gasteiger partial charge is 0.427 e. The van der Waals surface area contributed by atoms with Crippen molar-refractivity contribution < 1.29 is 45.5 Å². The van der Waals surface area contributed by atoms with Gasteiger partial charge in [0.25, 0.3) is 10.0 Å². The molecule has 11 nitrogen and oxygen atoms in total. The van der Waals surface area contributed by atoms with E-state index in [-0.39, 0.29) is 46.4 Å². The Bertz CT molecular complexity index is 1540. The number of benzene rings is 1. The van der Waals surface area contributed by atoms with E-state index in [4.69, 9.17) is 21.2 Å². The van der Waals surface area contributed by atoms with Crippen molar-refractivity contribution in [3.05, 3.63) is 35.1 Å². The monoisotopic (exact) mass is 634 g/mol. The molecule has 2 aliphatic rings. The fourth-order valence-corrected chi connectivity index (χ4v) is 6.49. The molecule has 0 radical (unpaired) electrons. The van der Waals surface area contributed by atoms with Crippen molar-refractivity contribution in [3.8, 4) is 5.75 Å². The molecule has 0 saturated heterocycles. The number of esters is 1. The molecule has 1 aromatic heterocycles. The average molecular weight is 635 g/mol. The van der Waals surface area contributed by atoms with Crippen LogP contribution >= 0.6 is 11.6 Å². The highest BCUT2D eigenvalue weighted by molar-refractivity contribution is 7.93. The number of oxime groups is 1. The van der Waals surface area contributed by atoms with Gasteiger partial charge in [-0.2, -0.15) is 18.3 Å². The molecule has 0 unspecified atom stereocenters. The summed E-state index contributed by atoms with van der Waals surface area (Å²) in [7, 11) is -4.34. The van der Waals surface area contributed by atoms with Crippen LogP contribution in [0.5, 0.6) is 5.75 Å². The van der Waals surface area contributed by atoms with Crippen molar-refractivity contribution in [3.63, 3.8) is 0 Å². The van der Waals surface area contributed by atoms with Gasteiger partial charge in [0.05, 0.1) is 30.8 Å². The maximum Gasteiger partial charge on any atom is 0.427 e. The van der Waals surface area contributed by atoms with Gasteiger partial charge in [-0.15, -0.1) is 0 Å². The van der Waals surface area contributed by atoms with Gasteiger partial charge in [-0.05, 0) is 44.9 Å². The van der Waals surface area contributed by atoms with Gasteiger partial charge in [0.2, 0.25) is 5.60 Å². The van der Waals surface area contributed by atoms with Crippen molar-refractivity contribution in [1.29, 1.82) is 0 Å². The zero-order chi connectivity index (χ0) is 31.3. The van der Waals surface area contributed by atoms with Crippen LogP contribution in [-0.4, -0.2) is 60.3 Å². The summed E-state index contributed by atoms with van der Waals surface area (Å²) in [4.78, 5) is 28.5.